The summed E-state index contributed by atoms with van der Waals surface area (Å²) in [6, 6.07) is 19.5. The first-order chi connectivity index (χ1) is 16.8. The van der Waals surface area contributed by atoms with E-state index < -0.39 is 22.5 Å². The summed E-state index contributed by atoms with van der Waals surface area (Å²) in [6.45, 7) is 3.90. The molecule has 3 rings (SSSR count). The van der Waals surface area contributed by atoms with E-state index >= 15 is 0 Å². The fourth-order valence-electron chi connectivity index (χ4n) is 3.55. The van der Waals surface area contributed by atoms with E-state index in [1.165, 1.54) is 24.3 Å². The highest BCUT2D eigenvalue weighted by molar-refractivity contribution is 7.92. The van der Waals surface area contributed by atoms with E-state index in [1.54, 1.807) is 31.4 Å². The average molecular weight is 517 g/mol. The molecule has 0 saturated heterocycles. The summed E-state index contributed by atoms with van der Waals surface area (Å²) in [5.41, 5.74) is 1.24. The van der Waals surface area contributed by atoms with Crippen molar-refractivity contribution in [1.29, 1.82) is 0 Å². The Hall–Kier alpha value is -3.23. The molecule has 0 spiro atoms. The highest BCUT2D eigenvalue weighted by Gasteiger charge is 2.28. The molecule has 0 heterocycles. The molecule has 0 aliphatic rings. The predicted octanol–water partition coefficient (Wildman–Crippen LogP) is 5.21. The molecule has 3 aromatic rings. The van der Waals surface area contributed by atoms with Gasteiger partial charge in [-0.3, -0.25) is 9.10 Å². The third-order valence-electron chi connectivity index (χ3n) is 5.39. The van der Waals surface area contributed by atoms with Crippen LogP contribution in [0.4, 0.5) is 5.69 Å². The van der Waals surface area contributed by atoms with Crippen LogP contribution >= 0.6 is 11.6 Å². The van der Waals surface area contributed by atoms with Gasteiger partial charge in [0.15, 0.2) is 0 Å². The zero-order valence-electron chi connectivity index (χ0n) is 19.9. The largest absolute Gasteiger partial charge is 0.497 e. The quantitative estimate of drug-likeness (QED) is 0.378. The molecule has 9 heteroatoms. The molecule has 0 aromatic heterocycles. The highest BCUT2D eigenvalue weighted by atomic mass is 35.5. The summed E-state index contributed by atoms with van der Waals surface area (Å²) in [5, 5.41) is 3.37. The number of rotatable bonds is 11. The second-order valence-electron chi connectivity index (χ2n) is 7.69. The third kappa shape index (κ3) is 6.68. The minimum absolute atomic E-state index is 0.0331. The lowest BCUT2D eigenvalue weighted by Gasteiger charge is -2.26. The van der Waals surface area contributed by atoms with Gasteiger partial charge in [0.1, 0.15) is 18.0 Å². The first kappa shape index (κ1) is 26.4. The lowest BCUT2D eigenvalue weighted by molar-refractivity contribution is -0.120. The lowest BCUT2D eigenvalue weighted by atomic mass is 10.0. The first-order valence-corrected chi connectivity index (χ1v) is 13.0. The smallest absolute Gasteiger partial charge is 0.264 e. The summed E-state index contributed by atoms with van der Waals surface area (Å²) < 4.78 is 38.8. The molecule has 1 N–H and O–H groups in total. The van der Waals surface area contributed by atoms with Gasteiger partial charge in [-0.1, -0.05) is 30.7 Å². The van der Waals surface area contributed by atoms with Gasteiger partial charge in [-0.25, -0.2) is 8.42 Å². The van der Waals surface area contributed by atoms with Gasteiger partial charge in [0.25, 0.3) is 10.0 Å². The molecule has 0 bridgehead atoms. The maximum atomic E-state index is 13.5. The Morgan fingerprint density at radius 3 is 2.09 bits per heavy atom. The number of nitrogens with zero attached hydrogens (tertiary/aromatic N) is 1. The van der Waals surface area contributed by atoms with E-state index in [9.17, 15) is 13.2 Å². The second-order valence-corrected chi connectivity index (χ2v) is 9.99. The van der Waals surface area contributed by atoms with Crippen LogP contribution in [0.3, 0.4) is 0 Å². The number of hydrogen-bond donors (Lipinski definition) is 1. The maximum Gasteiger partial charge on any atom is 0.264 e. The van der Waals surface area contributed by atoms with Gasteiger partial charge in [-0.15, -0.1) is 0 Å². The Labute approximate surface area is 211 Å². The molecular formula is C26H29ClN2O5S. The first-order valence-electron chi connectivity index (χ1n) is 11.2. The topological polar surface area (TPSA) is 84.9 Å². The van der Waals surface area contributed by atoms with Crippen molar-refractivity contribution in [3.05, 3.63) is 83.4 Å². The number of methoxy groups -OCH3 is 1. The van der Waals surface area contributed by atoms with Gasteiger partial charge in [-0.2, -0.15) is 0 Å². The van der Waals surface area contributed by atoms with E-state index in [0.717, 1.165) is 9.87 Å². The number of nitrogens with one attached hydrogen (secondary N) is 1. The molecule has 0 aliphatic heterocycles. The number of carbonyl (C=O) groups excluding carboxylic acids is 1. The fraction of sp³-hybridized carbons (Fsp3) is 0.269. The van der Waals surface area contributed by atoms with Crippen molar-refractivity contribution < 1.29 is 22.7 Å². The average Bonchev–Trinajstić information content (AvgIpc) is 2.87. The molecule has 1 atom stereocenters. The van der Waals surface area contributed by atoms with Crippen molar-refractivity contribution >= 4 is 33.2 Å². The summed E-state index contributed by atoms with van der Waals surface area (Å²) >= 11 is 5.95. The number of sulfonamides is 1. The van der Waals surface area contributed by atoms with Gasteiger partial charge in [0.2, 0.25) is 5.91 Å². The van der Waals surface area contributed by atoms with Gasteiger partial charge >= 0.3 is 0 Å². The minimum Gasteiger partial charge on any atom is -0.497 e. The molecular weight excluding hydrogens is 488 g/mol. The lowest BCUT2D eigenvalue weighted by Crippen LogP contribution is -2.42. The molecule has 7 nitrogen and oxygen atoms in total. The molecule has 0 aliphatic carbocycles. The Morgan fingerprint density at radius 2 is 1.54 bits per heavy atom. The minimum atomic E-state index is -4.05. The summed E-state index contributed by atoms with van der Waals surface area (Å²) in [6.07, 6.45) is 0.630. The van der Waals surface area contributed by atoms with Gasteiger partial charge < -0.3 is 14.8 Å². The molecule has 3 aromatic carbocycles. The van der Waals surface area contributed by atoms with Crippen LogP contribution in [0.5, 0.6) is 11.5 Å². The van der Waals surface area contributed by atoms with E-state index in [-0.39, 0.29) is 10.9 Å². The van der Waals surface area contributed by atoms with E-state index in [4.69, 9.17) is 21.1 Å². The van der Waals surface area contributed by atoms with Crippen LogP contribution in [0.15, 0.2) is 77.7 Å². The van der Waals surface area contributed by atoms with Crippen molar-refractivity contribution in [3.8, 4) is 11.5 Å². The zero-order chi connectivity index (χ0) is 25.4. The van der Waals surface area contributed by atoms with Crippen LogP contribution < -0.4 is 19.1 Å². The monoisotopic (exact) mass is 516 g/mol. The van der Waals surface area contributed by atoms with Crippen molar-refractivity contribution in [3.63, 3.8) is 0 Å². The Bertz CT molecular complexity index is 1210. The van der Waals surface area contributed by atoms with Crippen molar-refractivity contribution in [2.24, 2.45) is 0 Å². The normalized spacial score (nSPS) is 12.0. The van der Waals surface area contributed by atoms with Crippen molar-refractivity contribution in [2.45, 2.75) is 31.2 Å². The maximum absolute atomic E-state index is 13.5. The van der Waals surface area contributed by atoms with Gasteiger partial charge in [0.05, 0.1) is 30.3 Å². The van der Waals surface area contributed by atoms with E-state index in [2.05, 4.69) is 5.32 Å². The van der Waals surface area contributed by atoms with Crippen LogP contribution in [-0.2, 0) is 14.8 Å². The predicted molar refractivity (Wildman–Crippen MR) is 138 cm³/mol. The highest BCUT2D eigenvalue weighted by Crippen LogP contribution is 2.27. The molecule has 0 fully saturated rings. The summed E-state index contributed by atoms with van der Waals surface area (Å²) in [5.74, 6) is 0.889. The molecule has 1 unspecified atom stereocenters. The van der Waals surface area contributed by atoms with Gasteiger partial charge in [0, 0.05) is 5.02 Å². The number of halogens is 1. The number of ether oxygens (including phenoxy) is 2. The summed E-state index contributed by atoms with van der Waals surface area (Å²) in [7, 11) is -2.46. The molecule has 0 radical (unpaired) electrons. The number of carbonyl (C=O) groups is 1. The number of anilines is 1. The molecule has 186 valence electrons. The number of benzene rings is 3. The van der Waals surface area contributed by atoms with Crippen LogP contribution in [0.2, 0.25) is 5.02 Å². The van der Waals surface area contributed by atoms with Crippen molar-refractivity contribution in [1.82, 2.24) is 5.32 Å². The van der Waals surface area contributed by atoms with Crippen LogP contribution in [-0.4, -0.2) is 34.6 Å². The van der Waals surface area contributed by atoms with Crippen LogP contribution in [0.25, 0.3) is 0 Å². The third-order valence-corrected chi connectivity index (χ3v) is 7.43. The van der Waals surface area contributed by atoms with Crippen molar-refractivity contribution in [2.75, 3.05) is 24.6 Å². The second kappa shape index (κ2) is 12.0. The zero-order valence-corrected chi connectivity index (χ0v) is 21.5. The molecule has 0 saturated carbocycles. The Morgan fingerprint density at radius 1 is 0.943 bits per heavy atom. The van der Waals surface area contributed by atoms with Gasteiger partial charge in [-0.05, 0) is 79.6 Å². The standard InChI is InChI=1S/C26H29ClN2O5S/c1-4-25(19-6-12-22(33-3)13-7-19)28-26(30)18-29(21-10-14-23(15-11-21)34-5-2)35(31,32)24-16-8-20(27)9-17-24/h6-17,25H,4-5,18H2,1-3H3,(H,28,30). The Kier molecular flexibility index (Phi) is 9.01. The molecule has 35 heavy (non-hydrogen) atoms. The van der Waals surface area contributed by atoms with E-state index in [0.29, 0.717) is 35.2 Å². The Balaban J connectivity index is 1.89. The number of amides is 1. The SMILES string of the molecule is CCOc1ccc(N(CC(=O)NC(CC)c2ccc(OC)cc2)S(=O)(=O)c2ccc(Cl)cc2)cc1. The van der Waals surface area contributed by atoms with Crippen LogP contribution in [0, 0.1) is 0 Å². The molecule has 1 amide bonds. The fourth-order valence-corrected chi connectivity index (χ4v) is 5.10. The van der Waals surface area contributed by atoms with E-state index in [1.807, 2.05) is 38.1 Å². The summed E-state index contributed by atoms with van der Waals surface area (Å²) in [4.78, 5) is 13.1. The number of hydrogen-bond acceptors (Lipinski definition) is 5. The van der Waals surface area contributed by atoms with Crippen LogP contribution in [0.1, 0.15) is 31.9 Å².